The maximum Gasteiger partial charge on any atom is 0.183 e. The maximum absolute atomic E-state index is 9.30. The van der Waals surface area contributed by atoms with E-state index in [-0.39, 0.29) is 13.0 Å². The van der Waals surface area contributed by atoms with Crippen LogP contribution in [0.25, 0.3) is 0 Å². The molecule has 0 aromatic heterocycles. The van der Waals surface area contributed by atoms with Crippen LogP contribution in [0.4, 0.5) is 0 Å². The van der Waals surface area contributed by atoms with Crippen LogP contribution in [0, 0.1) is 0 Å². The first-order valence-corrected chi connectivity index (χ1v) is 4.06. The SMILES string of the molecule is OCC[C@H]1O[C@H](O)[C@@H](O)[C@@H](O)[C@@H]1O. The first-order chi connectivity index (χ1) is 6.07. The Morgan fingerprint density at radius 2 is 1.54 bits per heavy atom. The first kappa shape index (κ1) is 10.8. The molecule has 5 N–H and O–H groups in total. The van der Waals surface area contributed by atoms with Crippen LogP contribution in [0.1, 0.15) is 6.42 Å². The number of aliphatic hydroxyl groups excluding tert-OH is 5. The van der Waals surface area contributed by atoms with Gasteiger partial charge in [-0.15, -0.1) is 0 Å². The van der Waals surface area contributed by atoms with Crippen molar-refractivity contribution in [2.24, 2.45) is 0 Å². The molecule has 13 heavy (non-hydrogen) atoms. The summed E-state index contributed by atoms with van der Waals surface area (Å²) >= 11 is 0. The molecule has 1 aliphatic heterocycles. The van der Waals surface area contributed by atoms with E-state index in [9.17, 15) is 10.2 Å². The predicted octanol–water partition coefficient (Wildman–Crippen LogP) is -2.83. The number of hydrogen-bond donors (Lipinski definition) is 5. The fraction of sp³-hybridized carbons (Fsp3) is 1.00. The zero-order valence-corrected chi connectivity index (χ0v) is 6.95. The highest BCUT2D eigenvalue weighted by atomic mass is 16.6. The Bertz CT molecular complexity index is 163. The Hall–Kier alpha value is -0.240. The molecule has 5 atom stereocenters. The monoisotopic (exact) mass is 194 g/mol. The third-order valence-corrected chi connectivity index (χ3v) is 2.10. The average molecular weight is 194 g/mol. The smallest absolute Gasteiger partial charge is 0.183 e. The molecular formula is C7H14O6. The van der Waals surface area contributed by atoms with Crippen molar-refractivity contribution in [1.29, 1.82) is 0 Å². The van der Waals surface area contributed by atoms with E-state index in [4.69, 9.17) is 20.1 Å². The molecule has 0 aliphatic carbocycles. The summed E-state index contributed by atoms with van der Waals surface area (Å²) in [5.41, 5.74) is 0. The Morgan fingerprint density at radius 3 is 2.08 bits per heavy atom. The third kappa shape index (κ3) is 2.16. The van der Waals surface area contributed by atoms with E-state index in [1.54, 1.807) is 0 Å². The van der Waals surface area contributed by atoms with Crippen molar-refractivity contribution in [3.8, 4) is 0 Å². The molecule has 0 bridgehead atoms. The summed E-state index contributed by atoms with van der Waals surface area (Å²) in [4.78, 5) is 0. The van der Waals surface area contributed by atoms with Gasteiger partial charge in [-0.05, 0) is 6.42 Å². The number of ether oxygens (including phenoxy) is 1. The van der Waals surface area contributed by atoms with Gasteiger partial charge in [0, 0.05) is 6.61 Å². The largest absolute Gasteiger partial charge is 0.396 e. The highest BCUT2D eigenvalue weighted by molar-refractivity contribution is 4.88. The molecule has 1 rings (SSSR count). The fourth-order valence-corrected chi connectivity index (χ4v) is 1.30. The van der Waals surface area contributed by atoms with Gasteiger partial charge in [-0.25, -0.2) is 0 Å². The van der Waals surface area contributed by atoms with Crippen molar-refractivity contribution in [2.75, 3.05) is 6.61 Å². The van der Waals surface area contributed by atoms with E-state index < -0.39 is 30.7 Å². The molecule has 1 saturated heterocycles. The Kier molecular flexibility index (Phi) is 3.60. The Labute approximate surface area is 75.0 Å². The molecule has 78 valence electrons. The van der Waals surface area contributed by atoms with Crippen LogP contribution in [-0.2, 0) is 4.74 Å². The molecule has 6 nitrogen and oxygen atoms in total. The second-order valence-electron chi connectivity index (χ2n) is 3.05. The summed E-state index contributed by atoms with van der Waals surface area (Å²) in [6.07, 6.45) is -6.51. The van der Waals surface area contributed by atoms with Crippen molar-refractivity contribution in [3.63, 3.8) is 0 Å². The lowest BCUT2D eigenvalue weighted by Gasteiger charge is -2.38. The van der Waals surface area contributed by atoms with Crippen molar-refractivity contribution in [3.05, 3.63) is 0 Å². The third-order valence-electron chi connectivity index (χ3n) is 2.10. The Morgan fingerprint density at radius 1 is 0.923 bits per heavy atom. The van der Waals surface area contributed by atoms with Gasteiger partial charge in [0.25, 0.3) is 0 Å². The summed E-state index contributed by atoms with van der Waals surface area (Å²) in [6, 6.07) is 0. The lowest BCUT2D eigenvalue weighted by Crippen LogP contribution is -2.57. The molecule has 0 aromatic carbocycles. The quantitative estimate of drug-likeness (QED) is 0.324. The van der Waals surface area contributed by atoms with Crippen LogP contribution in [0.2, 0.25) is 0 Å². The first-order valence-electron chi connectivity index (χ1n) is 4.06. The van der Waals surface area contributed by atoms with E-state index in [1.807, 2.05) is 0 Å². The zero-order chi connectivity index (χ0) is 10.0. The van der Waals surface area contributed by atoms with Crippen LogP contribution in [-0.4, -0.2) is 62.8 Å². The Balaban J connectivity index is 2.59. The summed E-state index contributed by atoms with van der Waals surface area (Å²) in [6.45, 7) is -0.225. The molecule has 1 fully saturated rings. The van der Waals surface area contributed by atoms with Gasteiger partial charge in [-0.2, -0.15) is 0 Å². The summed E-state index contributed by atoms with van der Waals surface area (Å²) in [5, 5.41) is 45.1. The minimum absolute atomic E-state index is 0.0992. The molecular weight excluding hydrogens is 180 g/mol. The van der Waals surface area contributed by atoms with E-state index >= 15 is 0 Å². The fourth-order valence-electron chi connectivity index (χ4n) is 1.30. The molecule has 1 heterocycles. The molecule has 1 aliphatic rings. The second kappa shape index (κ2) is 4.32. The van der Waals surface area contributed by atoms with Gasteiger partial charge in [0.15, 0.2) is 6.29 Å². The molecule has 0 spiro atoms. The predicted molar refractivity (Wildman–Crippen MR) is 40.6 cm³/mol. The van der Waals surface area contributed by atoms with Gasteiger partial charge in [-0.1, -0.05) is 0 Å². The summed E-state index contributed by atoms with van der Waals surface area (Å²) < 4.78 is 4.76. The molecule has 0 amide bonds. The normalized spacial score (nSPS) is 46.4. The summed E-state index contributed by atoms with van der Waals surface area (Å²) in [7, 11) is 0. The van der Waals surface area contributed by atoms with Gasteiger partial charge in [0.2, 0.25) is 0 Å². The highest BCUT2D eigenvalue weighted by Crippen LogP contribution is 2.21. The lowest BCUT2D eigenvalue weighted by molar-refractivity contribution is -0.283. The number of hydrogen-bond acceptors (Lipinski definition) is 6. The molecule has 0 unspecified atom stereocenters. The van der Waals surface area contributed by atoms with E-state index in [0.717, 1.165) is 0 Å². The van der Waals surface area contributed by atoms with Crippen LogP contribution in [0.15, 0.2) is 0 Å². The average Bonchev–Trinajstić information content (AvgIpc) is 2.11. The van der Waals surface area contributed by atoms with E-state index in [0.29, 0.717) is 0 Å². The molecule has 6 heteroatoms. The van der Waals surface area contributed by atoms with Crippen molar-refractivity contribution in [1.82, 2.24) is 0 Å². The van der Waals surface area contributed by atoms with Crippen molar-refractivity contribution in [2.45, 2.75) is 37.1 Å². The number of rotatable bonds is 2. The van der Waals surface area contributed by atoms with Crippen molar-refractivity contribution < 1.29 is 30.3 Å². The van der Waals surface area contributed by atoms with Gasteiger partial charge in [0.1, 0.15) is 18.3 Å². The molecule has 0 saturated carbocycles. The lowest BCUT2D eigenvalue weighted by atomic mass is 9.97. The van der Waals surface area contributed by atoms with Crippen LogP contribution in [0.3, 0.4) is 0 Å². The van der Waals surface area contributed by atoms with Crippen LogP contribution >= 0.6 is 0 Å². The number of aliphatic hydroxyl groups is 5. The summed E-state index contributed by atoms with van der Waals surface area (Å²) in [5.74, 6) is 0. The van der Waals surface area contributed by atoms with E-state index in [1.165, 1.54) is 0 Å². The second-order valence-corrected chi connectivity index (χ2v) is 3.05. The van der Waals surface area contributed by atoms with Crippen LogP contribution in [0.5, 0.6) is 0 Å². The molecule has 0 radical (unpaired) electrons. The van der Waals surface area contributed by atoms with E-state index in [2.05, 4.69) is 0 Å². The van der Waals surface area contributed by atoms with Gasteiger partial charge >= 0.3 is 0 Å². The van der Waals surface area contributed by atoms with Crippen molar-refractivity contribution >= 4 is 0 Å². The van der Waals surface area contributed by atoms with Gasteiger partial charge in [-0.3, -0.25) is 0 Å². The van der Waals surface area contributed by atoms with Gasteiger partial charge in [0.05, 0.1) is 6.10 Å². The topological polar surface area (TPSA) is 110 Å². The molecule has 0 aromatic rings. The zero-order valence-electron chi connectivity index (χ0n) is 6.95. The minimum Gasteiger partial charge on any atom is -0.396 e. The highest BCUT2D eigenvalue weighted by Gasteiger charge is 2.42. The maximum atomic E-state index is 9.30. The minimum atomic E-state index is -1.52. The van der Waals surface area contributed by atoms with Crippen LogP contribution < -0.4 is 0 Å². The standard InChI is InChI=1S/C7H14O6/c8-2-1-3-4(9)5(10)6(11)7(12)13-3/h3-12H,1-2H2/t3-,4-,5+,6+,7+/m1/s1. The van der Waals surface area contributed by atoms with Gasteiger partial charge < -0.3 is 30.3 Å².